The van der Waals surface area contributed by atoms with E-state index in [2.05, 4.69) is 44.1 Å². The van der Waals surface area contributed by atoms with Gasteiger partial charge in [-0.25, -0.2) is 9.78 Å². The average Bonchev–Trinajstić information content (AvgIpc) is 3.05. The van der Waals surface area contributed by atoms with Crippen LogP contribution in [0.3, 0.4) is 0 Å². The molecule has 1 aliphatic heterocycles. The quantitative estimate of drug-likeness (QED) is 0.859. The maximum atomic E-state index is 12.1. The van der Waals surface area contributed by atoms with Crippen LogP contribution in [0.5, 0.6) is 0 Å². The Morgan fingerprint density at radius 2 is 2.22 bits per heavy atom. The summed E-state index contributed by atoms with van der Waals surface area (Å²) in [5, 5.41) is 15.2. The molecule has 0 aromatic carbocycles. The average molecular weight is 370 g/mol. The molecule has 4 atom stereocenters. The lowest BCUT2D eigenvalue weighted by Gasteiger charge is -2.16. The molecular formula is C19H26N6O2. The highest BCUT2D eigenvalue weighted by Gasteiger charge is 2.40. The molecule has 8 nitrogen and oxygen atoms in total. The first-order chi connectivity index (χ1) is 13.1. The molecule has 2 fully saturated rings. The Morgan fingerprint density at radius 3 is 3.00 bits per heavy atom. The topological polar surface area (TPSA) is 93.4 Å². The maximum Gasteiger partial charge on any atom is 0.407 e. The lowest BCUT2D eigenvalue weighted by Crippen LogP contribution is -2.29. The monoisotopic (exact) mass is 370 g/mol. The van der Waals surface area contributed by atoms with Crippen LogP contribution in [0.15, 0.2) is 6.20 Å². The van der Waals surface area contributed by atoms with Crippen LogP contribution >= 0.6 is 0 Å². The number of hydrogen-bond donors (Lipinski definition) is 2. The van der Waals surface area contributed by atoms with Crippen LogP contribution in [-0.4, -0.2) is 43.9 Å². The molecular weight excluding hydrogens is 344 g/mol. The molecule has 2 aromatic rings. The smallest absolute Gasteiger partial charge is 0.407 e. The van der Waals surface area contributed by atoms with Crippen molar-refractivity contribution < 1.29 is 9.53 Å². The van der Waals surface area contributed by atoms with Crippen molar-refractivity contribution in [1.82, 2.24) is 24.9 Å². The van der Waals surface area contributed by atoms with Gasteiger partial charge in [0.2, 0.25) is 0 Å². The summed E-state index contributed by atoms with van der Waals surface area (Å²) in [6.07, 6.45) is 7.23. The Hall–Kier alpha value is -2.38. The van der Waals surface area contributed by atoms with E-state index in [4.69, 9.17) is 4.74 Å². The second-order valence-corrected chi connectivity index (χ2v) is 8.25. The summed E-state index contributed by atoms with van der Waals surface area (Å²) in [5.74, 6) is 2.59. The zero-order chi connectivity index (χ0) is 18.5. The lowest BCUT2D eigenvalue weighted by molar-refractivity contribution is 0.0977. The molecule has 3 heterocycles. The standard InChI is InChI=1S/C19H26N6O2/c1-3-11-7-13(27-19(26)22-12-4-5-12)8-14(11)18-24-23-16-9-20-17-15(25(16)18)6-10(2)21-17/h9-14,21H,3-8H2,1-2H3,(H,22,26)/t10?,11-,13+,14+/m1/s1. The number of nitrogens with one attached hydrogen (secondary N) is 2. The summed E-state index contributed by atoms with van der Waals surface area (Å²) >= 11 is 0. The zero-order valence-corrected chi connectivity index (χ0v) is 15.8. The molecule has 144 valence electrons. The maximum absolute atomic E-state index is 12.1. The van der Waals surface area contributed by atoms with Gasteiger partial charge in [-0.05, 0) is 38.5 Å². The van der Waals surface area contributed by atoms with Gasteiger partial charge < -0.3 is 15.4 Å². The second kappa shape index (κ2) is 6.35. The fraction of sp³-hybridized carbons (Fsp3) is 0.684. The summed E-state index contributed by atoms with van der Waals surface area (Å²) in [4.78, 5) is 16.5. The molecule has 1 amide bonds. The largest absolute Gasteiger partial charge is 0.446 e. The van der Waals surface area contributed by atoms with Gasteiger partial charge in [0.1, 0.15) is 17.7 Å². The first-order valence-corrected chi connectivity index (χ1v) is 10.1. The highest BCUT2D eigenvalue weighted by molar-refractivity contribution is 5.68. The summed E-state index contributed by atoms with van der Waals surface area (Å²) in [6.45, 7) is 4.35. The lowest BCUT2D eigenvalue weighted by atomic mass is 9.93. The van der Waals surface area contributed by atoms with Crippen LogP contribution in [0.25, 0.3) is 5.65 Å². The molecule has 5 rings (SSSR count). The third-order valence-corrected chi connectivity index (χ3v) is 6.13. The van der Waals surface area contributed by atoms with Gasteiger partial charge in [-0.1, -0.05) is 13.3 Å². The van der Waals surface area contributed by atoms with Gasteiger partial charge in [0.05, 0.1) is 11.9 Å². The normalized spacial score (nSPS) is 29.6. The summed E-state index contributed by atoms with van der Waals surface area (Å²) in [6, 6.07) is 0.683. The van der Waals surface area contributed by atoms with E-state index < -0.39 is 0 Å². The molecule has 1 unspecified atom stereocenters. The van der Waals surface area contributed by atoms with Crippen molar-refractivity contribution in [3.05, 3.63) is 17.7 Å². The fourth-order valence-electron chi connectivity index (χ4n) is 4.61. The van der Waals surface area contributed by atoms with E-state index in [1.807, 2.05) is 0 Å². The van der Waals surface area contributed by atoms with E-state index in [9.17, 15) is 4.79 Å². The second-order valence-electron chi connectivity index (χ2n) is 8.25. The number of rotatable bonds is 4. The van der Waals surface area contributed by atoms with Gasteiger partial charge in [0.15, 0.2) is 5.65 Å². The molecule has 0 spiro atoms. The van der Waals surface area contributed by atoms with Gasteiger partial charge in [0.25, 0.3) is 0 Å². The molecule has 0 radical (unpaired) electrons. The molecule has 0 saturated heterocycles. The Labute approximate surface area is 158 Å². The van der Waals surface area contributed by atoms with E-state index >= 15 is 0 Å². The Balaban J connectivity index is 1.41. The first kappa shape index (κ1) is 16.8. The van der Waals surface area contributed by atoms with Crippen LogP contribution in [0, 0.1) is 5.92 Å². The predicted molar refractivity (Wildman–Crippen MR) is 99.8 cm³/mol. The number of aromatic nitrogens is 4. The van der Waals surface area contributed by atoms with Crippen molar-refractivity contribution in [3.8, 4) is 0 Å². The highest BCUT2D eigenvalue weighted by Crippen LogP contribution is 2.43. The molecule has 2 N–H and O–H groups in total. The van der Waals surface area contributed by atoms with Crippen LogP contribution in [0.2, 0.25) is 0 Å². The van der Waals surface area contributed by atoms with Crippen molar-refractivity contribution in [2.24, 2.45) is 5.92 Å². The molecule has 3 aliphatic rings. The Morgan fingerprint density at radius 1 is 1.37 bits per heavy atom. The third kappa shape index (κ3) is 3.00. The summed E-state index contributed by atoms with van der Waals surface area (Å²) < 4.78 is 7.89. The van der Waals surface area contributed by atoms with Crippen molar-refractivity contribution in [2.75, 3.05) is 5.32 Å². The van der Waals surface area contributed by atoms with Gasteiger partial charge in [-0.3, -0.25) is 4.40 Å². The number of carbonyl (C=O) groups excluding carboxylic acids is 1. The van der Waals surface area contributed by atoms with Gasteiger partial charge in [-0.15, -0.1) is 10.2 Å². The molecule has 8 heteroatoms. The van der Waals surface area contributed by atoms with Gasteiger partial charge >= 0.3 is 6.09 Å². The SMILES string of the molecule is CC[C@@H]1C[C@H](OC(=O)NC2CC2)C[C@@H]1c1nnc2cnc3c(n12)CC(C)N3. The predicted octanol–water partition coefficient (Wildman–Crippen LogP) is 2.64. The number of hydrogen-bond acceptors (Lipinski definition) is 6. The molecule has 2 saturated carbocycles. The number of ether oxygens (including phenoxy) is 1. The first-order valence-electron chi connectivity index (χ1n) is 10.1. The van der Waals surface area contributed by atoms with Crippen LogP contribution < -0.4 is 10.6 Å². The number of alkyl carbamates (subject to hydrolysis) is 1. The van der Waals surface area contributed by atoms with Crippen LogP contribution in [0.1, 0.15) is 63.4 Å². The van der Waals surface area contributed by atoms with E-state index in [1.54, 1.807) is 6.20 Å². The van der Waals surface area contributed by atoms with E-state index in [-0.39, 0.29) is 18.1 Å². The fourth-order valence-corrected chi connectivity index (χ4v) is 4.61. The molecule has 2 aromatic heterocycles. The van der Waals surface area contributed by atoms with Crippen molar-refractivity contribution in [1.29, 1.82) is 0 Å². The minimum Gasteiger partial charge on any atom is -0.446 e. The molecule has 27 heavy (non-hydrogen) atoms. The highest BCUT2D eigenvalue weighted by atomic mass is 16.6. The van der Waals surface area contributed by atoms with Crippen molar-refractivity contribution in [2.45, 2.75) is 76.5 Å². The van der Waals surface area contributed by atoms with Gasteiger partial charge in [0, 0.05) is 24.4 Å². The van der Waals surface area contributed by atoms with Gasteiger partial charge in [-0.2, -0.15) is 0 Å². The van der Waals surface area contributed by atoms with Crippen LogP contribution in [-0.2, 0) is 11.2 Å². The summed E-state index contributed by atoms with van der Waals surface area (Å²) in [5.41, 5.74) is 1.95. The summed E-state index contributed by atoms with van der Waals surface area (Å²) in [7, 11) is 0. The van der Waals surface area contributed by atoms with Crippen LogP contribution in [0.4, 0.5) is 10.6 Å². The third-order valence-electron chi connectivity index (χ3n) is 6.13. The minimum absolute atomic E-state index is 0.0574. The number of amides is 1. The molecule has 2 aliphatic carbocycles. The van der Waals surface area contributed by atoms with Crippen molar-refractivity contribution >= 4 is 17.6 Å². The Bertz CT molecular complexity index is 876. The van der Waals surface area contributed by atoms with E-state index in [1.165, 1.54) is 0 Å². The number of carbonyl (C=O) groups is 1. The van der Waals surface area contributed by atoms with Crippen molar-refractivity contribution in [3.63, 3.8) is 0 Å². The Kier molecular flexibility index (Phi) is 3.94. The number of fused-ring (bicyclic) bond motifs is 3. The minimum atomic E-state index is -0.271. The zero-order valence-electron chi connectivity index (χ0n) is 15.8. The van der Waals surface area contributed by atoms with E-state index in [0.717, 1.165) is 61.5 Å². The molecule has 0 bridgehead atoms. The number of nitrogens with zero attached hydrogens (tertiary/aromatic N) is 4. The number of anilines is 1. The van der Waals surface area contributed by atoms with E-state index in [0.29, 0.717) is 18.0 Å².